The Morgan fingerprint density at radius 2 is 2.19 bits per heavy atom. The second-order valence-electron chi connectivity index (χ2n) is 7.20. The highest BCUT2D eigenvalue weighted by Gasteiger charge is 2.30. The number of nitrogens with one attached hydrogen (secondary N) is 1. The lowest BCUT2D eigenvalue weighted by Gasteiger charge is -2.23. The van der Waals surface area contributed by atoms with Gasteiger partial charge in [0, 0.05) is 24.8 Å². The molecule has 1 aliphatic heterocycles. The van der Waals surface area contributed by atoms with Gasteiger partial charge in [0.25, 0.3) is 0 Å². The van der Waals surface area contributed by atoms with Crippen molar-refractivity contribution in [3.8, 4) is 11.4 Å². The first-order valence-electron chi connectivity index (χ1n) is 9.42. The third kappa shape index (κ3) is 3.28. The molecule has 1 unspecified atom stereocenters. The fourth-order valence-corrected chi connectivity index (χ4v) is 4.00. The number of piperidine rings is 1. The van der Waals surface area contributed by atoms with Crippen LogP contribution in [0.25, 0.3) is 11.4 Å². The highest BCUT2D eigenvalue weighted by Crippen LogP contribution is 2.38. The first kappa shape index (κ1) is 16.9. The summed E-state index contributed by atoms with van der Waals surface area (Å²) >= 11 is 0. The number of hydrogen-bond donors (Lipinski definition) is 1. The van der Waals surface area contributed by atoms with Gasteiger partial charge in [0.05, 0.1) is 6.04 Å². The van der Waals surface area contributed by atoms with Crippen LogP contribution in [0.1, 0.15) is 62.0 Å². The number of hydrogen-bond acceptors (Lipinski definition) is 5. The number of nitrogens with zero attached hydrogens (tertiary/aromatic N) is 2. The molecule has 26 heavy (non-hydrogen) atoms. The van der Waals surface area contributed by atoms with Crippen LogP contribution in [0.4, 0.5) is 0 Å². The smallest absolute Gasteiger partial charge is 0.226 e. The molecule has 1 N–H and O–H groups in total. The topological polar surface area (TPSA) is 85.1 Å². The predicted molar refractivity (Wildman–Crippen MR) is 95.6 cm³/mol. The predicted octanol–water partition coefficient (Wildman–Crippen LogP) is 2.96. The Hall–Kier alpha value is -2.50. The normalized spacial score (nSPS) is 22.1. The molecule has 6 nitrogen and oxygen atoms in total. The third-order valence-electron chi connectivity index (χ3n) is 5.44. The van der Waals surface area contributed by atoms with Crippen LogP contribution in [0.5, 0.6) is 0 Å². The summed E-state index contributed by atoms with van der Waals surface area (Å²) in [6, 6.07) is 5.92. The molecular formula is C20H23N3O3. The Labute approximate surface area is 152 Å². The molecule has 2 aliphatic rings. The molecule has 1 fully saturated rings. The maximum absolute atomic E-state index is 12.6. The van der Waals surface area contributed by atoms with Gasteiger partial charge < -0.3 is 9.84 Å². The number of aryl methyl sites for hydroxylation is 2. The van der Waals surface area contributed by atoms with Gasteiger partial charge >= 0.3 is 0 Å². The molecule has 4 rings (SSSR count). The van der Waals surface area contributed by atoms with Crippen LogP contribution >= 0.6 is 0 Å². The Bertz CT molecular complexity index is 843. The van der Waals surface area contributed by atoms with E-state index in [1.165, 1.54) is 11.1 Å². The lowest BCUT2D eigenvalue weighted by molar-refractivity contribution is -0.130. The van der Waals surface area contributed by atoms with Gasteiger partial charge in [-0.2, -0.15) is 4.98 Å². The Kier molecular flexibility index (Phi) is 4.57. The van der Waals surface area contributed by atoms with Crippen molar-refractivity contribution in [1.82, 2.24) is 15.5 Å². The highest BCUT2D eigenvalue weighted by atomic mass is 16.5. The minimum Gasteiger partial charge on any atom is -0.346 e. The van der Waals surface area contributed by atoms with Crippen molar-refractivity contribution in [3.63, 3.8) is 0 Å². The number of carbonyl (C=O) groups excluding carboxylic acids is 2. The third-order valence-corrected chi connectivity index (χ3v) is 5.44. The maximum Gasteiger partial charge on any atom is 0.226 e. The van der Waals surface area contributed by atoms with Crippen LogP contribution < -0.4 is 5.32 Å². The zero-order valence-corrected chi connectivity index (χ0v) is 15.0. The number of carbonyl (C=O) groups is 2. The van der Waals surface area contributed by atoms with E-state index in [1.54, 1.807) is 0 Å². The van der Waals surface area contributed by atoms with Gasteiger partial charge in [-0.15, -0.1) is 0 Å². The van der Waals surface area contributed by atoms with E-state index in [2.05, 4.69) is 27.6 Å². The van der Waals surface area contributed by atoms with Gasteiger partial charge in [0.2, 0.25) is 17.6 Å². The van der Waals surface area contributed by atoms with Crippen LogP contribution in [-0.2, 0) is 22.4 Å². The van der Waals surface area contributed by atoms with E-state index in [4.69, 9.17) is 4.52 Å². The van der Waals surface area contributed by atoms with Crippen LogP contribution in [-0.4, -0.2) is 27.9 Å². The molecule has 0 bridgehead atoms. The van der Waals surface area contributed by atoms with Gasteiger partial charge in [0.15, 0.2) is 5.78 Å². The van der Waals surface area contributed by atoms with Crippen LogP contribution in [0, 0.1) is 0 Å². The molecular weight excluding hydrogens is 330 g/mol. The van der Waals surface area contributed by atoms with E-state index in [0.717, 1.165) is 37.7 Å². The van der Waals surface area contributed by atoms with Gasteiger partial charge in [-0.1, -0.05) is 24.2 Å². The Balaban J connectivity index is 1.47. The quantitative estimate of drug-likeness (QED) is 0.893. The monoisotopic (exact) mass is 353 g/mol. The number of fused-ring (bicyclic) bond motifs is 1. The molecule has 6 heteroatoms. The summed E-state index contributed by atoms with van der Waals surface area (Å²) in [6.45, 7) is 1.98. The molecule has 2 aromatic rings. The SMILES string of the molecule is CCc1nc(-c2ccc3c(c2)CC[C@H]3CC(=O)C2CCCC(=O)N2)no1. The standard InChI is InChI=1S/C20H23N3O3/c1-2-19-22-20(23-26-19)14-8-9-15-12(10-14)6-7-13(15)11-17(24)16-4-3-5-18(25)21-16/h8-10,13,16H,2-7,11H2,1H3,(H,21,25)/t13-,16?/m0/s1. The number of Topliss-reactive ketones (excluding diaryl/α,β-unsaturated/α-hetero) is 1. The van der Waals surface area contributed by atoms with Crippen molar-refractivity contribution in [2.24, 2.45) is 0 Å². The Morgan fingerprint density at radius 1 is 1.31 bits per heavy atom. The van der Waals surface area contributed by atoms with Crippen LogP contribution in [0.2, 0.25) is 0 Å². The summed E-state index contributed by atoms with van der Waals surface area (Å²) in [5.74, 6) is 1.65. The van der Waals surface area contributed by atoms with Gasteiger partial charge in [-0.05, 0) is 48.8 Å². The maximum atomic E-state index is 12.6. The van der Waals surface area contributed by atoms with E-state index in [9.17, 15) is 9.59 Å². The summed E-state index contributed by atoms with van der Waals surface area (Å²) in [5, 5.41) is 6.88. The van der Waals surface area contributed by atoms with Crippen molar-refractivity contribution >= 4 is 11.7 Å². The molecule has 0 spiro atoms. The van der Waals surface area contributed by atoms with Crippen LogP contribution in [0.3, 0.4) is 0 Å². The van der Waals surface area contributed by atoms with Crippen molar-refractivity contribution in [2.75, 3.05) is 0 Å². The minimum absolute atomic E-state index is 0.00220. The van der Waals surface area contributed by atoms with Gasteiger partial charge in [-0.3, -0.25) is 9.59 Å². The van der Waals surface area contributed by atoms with Gasteiger partial charge in [0.1, 0.15) is 0 Å². The zero-order chi connectivity index (χ0) is 18.1. The van der Waals surface area contributed by atoms with Crippen molar-refractivity contribution in [3.05, 3.63) is 35.2 Å². The number of benzene rings is 1. The average molecular weight is 353 g/mol. The summed E-state index contributed by atoms with van der Waals surface area (Å²) in [5.41, 5.74) is 3.46. The lowest BCUT2D eigenvalue weighted by atomic mass is 9.90. The van der Waals surface area contributed by atoms with Crippen molar-refractivity contribution < 1.29 is 14.1 Å². The fraction of sp³-hybridized carbons (Fsp3) is 0.500. The lowest BCUT2D eigenvalue weighted by Crippen LogP contribution is -2.44. The average Bonchev–Trinajstić information content (AvgIpc) is 3.28. The van der Waals surface area contributed by atoms with Crippen molar-refractivity contribution in [2.45, 2.75) is 63.8 Å². The highest BCUT2D eigenvalue weighted by molar-refractivity contribution is 5.90. The number of amides is 1. The zero-order valence-electron chi connectivity index (χ0n) is 15.0. The molecule has 0 radical (unpaired) electrons. The van der Waals surface area contributed by atoms with E-state index in [-0.39, 0.29) is 23.7 Å². The van der Waals surface area contributed by atoms with E-state index < -0.39 is 0 Å². The molecule has 1 aromatic heterocycles. The first-order chi connectivity index (χ1) is 12.6. The van der Waals surface area contributed by atoms with Crippen molar-refractivity contribution in [1.29, 1.82) is 0 Å². The Morgan fingerprint density at radius 3 is 2.96 bits per heavy atom. The summed E-state index contributed by atoms with van der Waals surface area (Å²) in [4.78, 5) is 28.5. The minimum atomic E-state index is -0.300. The number of rotatable bonds is 5. The number of aromatic nitrogens is 2. The molecule has 0 saturated carbocycles. The summed E-state index contributed by atoms with van der Waals surface area (Å²) in [7, 11) is 0. The second-order valence-corrected chi connectivity index (χ2v) is 7.20. The summed E-state index contributed by atoms with van der Waals surface area (Å²) in [6.07, 6.45) is 5.25. The molecule has 136 valence electrons. The van der Waals surface area contributed by atoms with Gasteiger partial charge in [-0.25, -0.2) is 0 Å². The van der Waals surface area contributed by atoms with E-state index in [1.807, 2.05) is 13.0 Å². The molecule has 2 heterocycles. The van der Waals surface area contributed by atoms with E-state index >= 15 is 0 Å². The number of ketones is 1. The molecule has 2 atom stereocenters. The second kappa shape index (κ2) is 7.02. The largest absolute Gasteiger partial charge is 0.346 e. The van der Waals surface area contributed by atoms with Crippen LogP contribution in [0.15, 0.2) is 22.7 Å². The molecule has 1 aliphatic carbocycles. The molecule has 1 amide bonds. The summed E-state index contributed by atoms with van der Waals surface area (Å²) < 4.78 is 5.20. The molecule has 1 saturated heterocycles. The van der Waals surface area contributed by atoms with E-state index in [0.29, 0.717) is 24.6 Å². The molecule has 1 aromatic carbocycles. The first-order valence-corrected chi connectivity index (χ1v) is 9.42. The fourth-order valence-electron chi connectivity index (χ4n) is 4.00.